The van der Waals surface area contributed by atoms with Crippen LogP contribution in [0.2, 0.25) is 5.02 Å². The first kappa shape index (κ1) is 13.7. The van der Waals surface area contributed by atoms with Gasteiger partial charge in [0.15, 0.2) is 0 Å². The number of halogens is 1. The van der Waals surface area contributed by atoms with Crippen molar-refractivity contribution in [2.24, 2.45) is 0 Å². The van der Waals surface area contributed by atoms with Gasteiger partial charge in [-0.1, -0.05) is 29.8 Å². The molecule has 0 spiro atoms. The molecule has 0 aliphatic carbocycles. The molecule has 0 aliphatic rings. The Labute approximate surface area is 117 Å². The van der Waals surface area contributed by atoms with Crippen molar-refractivity contribution in [2.75, 3.05) is 0 Å². The lowest BCUT2D eigenvalue weighted by molar-refractivity contribution is 0.441. The van der Waals surface area contributed by atoms with Crippen LogP contribution in [0.1, 0.15) is 24.1 Å². The quantitative estimate of drug-likeness (QED) is 0.800. The minimum atomic E-state index is 0.0594. The van der Waals surface area contributed by atoms with E-state index in [0.717, 1.165) is 11.1 Å². The van der Waals surface area contributed by atoms with E-state index in [4.69, 9.17) is 11.6 Å². The van der Waals surface area contributed by atoms with Gasteiger partial charge in [-0.2, -0.15) is 0 Å². The Morgan fingerprint density at radius 3 is 2.63 bits per heavy atom. The van der Waals surface area contributed by atoms with Crippen LogP contribution in [-0.2, 0) is 6.54 Å². The highest BCUT2D eigenvalue weighted by Gasteiger charge is 2.07. The van der Waals surface area contributed by atoms with E-state index < -0.39 is 0 Å². The van der Waals surface area contributed by atoms with Gasteiger partial charge in [0.05, 0.1) is 0 Å². The lowest BCUT2D eigenvalue weighted by Gasteiger charge is -2.15. The van der Waals surface area contributed by atoms with E-state index in [1.165, 1.54) is 6.07 Å². The van der Waals surface area contributed by atoms with Crippen molar-refractivity contribution in [3.63, 3.8) is 0 Å². The number of aromatic hydroxyl groups is 2. The fourth-order valence-electron chi connectivity index (χ4n) is 1.86. The molecule has 0 fully saturated rings. The van der Waals surface area contributed by atoms with Crippen LogP contribution in [0.4, 0.5) is 0 Å². The second-order valence-corrected chi connectivity index (χ2v) is 4.91. The van der Waals surface area contributed by atoms with Crippen molar-refractivity contribution in [1.82, 2.24) is 5.32 Å². The predicted molar refractivity (Wildman–Crippen MR) is 76.5 cm³/mol. The summed E-state index contributed by atoms with van der Waals surface area (Å²) in [6.07, 6.45) is 0. The molecule has 0 amide bonds. The Kier molecular flexibility index (Phi) is 4.30. The molecule has 100 valence electrons. The van der Waals surface area contributed by atoms with E-state index in [0.29, 0.717) is 11.6 Å². The van der Waals surface area contributed by atoms with Gasteiger partial charge in [0, 0.05) is 29.2 Å². The maximum atomic E-state index is 9.70. The van der Waals surface area contributed by atoms with Gasteiger partial charge in [0.25, 0.3) is 0 Å². The normalized spacial score (nSPS) is 12.3. The standard InChI is InChI=1S/C15H16ClNO2/c1-10(11-3-2-4-13(16)7-11)17-9-12-5-6-14(18)8-15(12)19/h2-8,10,17-19H,9H2,1H3. The Balaban J connectivity index is 2.02. The lowest BCUT2D eigenvalue weighted by Crippen LogP contribution is -2.18. The fourth-order valence-corrected chi connectivity index (χ4v) is 2.06. The Morgan fingerprint density at radius 2 is 1.95 bits per heavy atom. The fraction of sp³-hybridized carbons (Fsp3) is 0.200. The molecule has 1 unspecified atom stereocenters. The topological polar surface area (TPSA) is 52.5 Å². The maximum absolute atomic E-state index is 9.70. The number of hydrogen-bond acceptors (Lipinski definition) is 3. The third kappa shape index (κ3) is 3.63. The molecule has 0 saturated carbocycles. The molecule has 0 aliphatic heterocycles. The monoisotopic (exact) mass is 277 g/mol. The van der Waals surface area contributed by atoms with E-state index >= 15 is 0 Å². The molecule has 2 rings (SSSR count). The van der Waals surface area contributed by atoms with Crippen LogP contribution in [0.5, 0.6) is 11.5 Å². The number of rotatable bonds is 4. The van der Waals surface area contributed by atoms with Gasteiger partial charge in [-0.15, -0.1) is 0 Å². The number of phenolic OH excluding ortho intramolecular Hbond substituents is 2. The summed E-state index contributed by atoms with van der Waals surface area (Å²) in [6, 6.07) is 12.4. The largest absolute Gasteiger partial charge is 0.508 e. The van der Waals surface area contributed by atoms with Crippen LogP contribution in [0.25, 0.3) is 0 Å². The van der Waals surface area contributed by atoms with Crippen LogP contribution < -0.4 is 5.32 Å². The van der Waals surface area contributed by atoms with Gasteiger partial charge in [0.1, 0.15) is 11.5 Å². The number of benzene rings is 2. The van der Waals surface area contributed by atoms with Gasteiger partial charge in [-0.3, -0.25) is 0 Å². The molecule has 0 radical (unpaired) electrons. The van der Waals surface area contributed by atoms with E-state index in [9.17, 15) is 10.2 Å². The van der Waals surface area contributed by atoms with Crippen LogP contribution in [0, 0.1) is 0 Å². The van der Waals surface area contributed by atoms with Gasteiger partial charge in [-0.05, 0) is 30.7 Å². The maximum Gasteiger partial charge on any atom is 0.123 e. The zero-order chi connectivity index (χ0) is 13.8. The van der Waals surface area contributed by atoms with E-state index in [1.54, 1.807) is 12.1 Å². The molecule has 1 atom stereocenters. The summed E-state index contributed by atoms with van der Waals surface area (Å²) < 4.78 is 0. The van der Waals surface area contributed by atoms with Crippen molar-refractivity contribution in [1.29, 1.82) is 0 Å². The average molecular weight is 278 g/mol. The van der Waals surface area contributed by atoms with Crippen LogP contribution in [0.15, 0.2) is 42.5 Å². The van der Waals surface area contributed by atoms with Crippen LogP contribution >= 0.6 is 11.6 Å². The van der Waals surface area contributed by atoms with Crippen molar-refractivity contribution in [3.05, 3.63) is 58.6 Å². The zero-order valence-electron chi connectivity index (χ0n) is 10.6. The average Bonchev–Trinajstić information content (AvgIpc) is 2.37. The van der Waals surface area contributed by atoms with E-state index in [1.807, 2.05) is 31.2 Å². The predicted octanol–water partition coefficient (Wildman–Crippen LogP) is 3.60. The summed E-state index contributed by atoms with van der Waals surface area (Å²) >= 11 is 5.95. The summed E-state index contributed by atoms with van der Waals surface area (Å²) in [5, 5.41) is 22.9. The molecule has 0 bridgehead atoms. The summed E-state index contributed by atoms with van der Waals surface area (Å²) in [5.74, 6) is 0.148. The van der Waals surface area contributed by atoms with E-state index in [2.05, 4.69) is 5.32 Å². The zero-order valence-corrected chi connectivity index (χ0v) is 11.4. The van der Waals surface area contributed by atoms with Crippen LogP contribution in [-0.4, -0.2) is 10.2 Å². The number of nitrogens with one attached hydrogen (secondary N) is 1. The highest BCUT2D eigenvalue weighted by molar-refractivity contribution is 6.30. The first-order chi connectivity index (χ1) is 9.06. The van der Waals surface area contributed by atoms with Crippen LogP contribution in [0.3, 0.4) is 0 Å². The summed E-state index contributed by atoms with van der Waals surface area (Å²) in [4.78, 5) is 0. The molecule has 3 nitrogen and oxygen atoms in total. The molecule has 2 aromatic rings. The van der Waals surface area contributed by atoms with Crippen molar-refractivity contribution >= 4 is 11.6 Å². The summed E-state index contributed by atoms with van der Waals surface area (Å²) in [5.41, 5.74) is 1.83. The first-order valence-electron chi connectivity index (χ1n) is 6.06. The minimum absolute atomic E-state index is 0.0594. The number of hydrogen-bond donors (Lipinski definition) is 3. The molecule has 2 aromatic carbocycles. The van der Waals surface area contributed by atoms with Gasteiger partial charge >= 0.3 is 0 Å². The lowest BCUT2D eigenvalue weighted by atomic mass is 10.1. The third-order valence-corrected chi connectivity index (χ3v) is 3.25. The Hall–Kier alpha value is -1.71. The molecular formula is C15H16ClNO2. The molecule has 3 N–H and O–H groups in total. The molecule has 0 saturated heterocycles. The summed E-state index contributed by atoms with van der Waals surface area (Å²) in [6.45, 7) is 2.54. The molecule has 0 aromatic heterocycles. The number of phenols is 2. The molecule has 0 heterocycles. The van der Waals surface area contributed by atoms with Gasteiger partial charge in [-0.25, -0.2) is 0 Å². The van der Waals surface area contributed by atoms with Gasteiger partial charge < -0.3 is 15.5 Å². The van der Waals surface area contributed by atoms with Crippen molar-refractivity contribution in [2.45, 2.75) is 19.5 Å². The van der Waals surface area contributed by atoms with Gasteiger partial charge in [0.2, 0.25) is 0 Å². The minimum Gasteiger partial charge on any atom is -0.508 e. The smallest absolute Gasteiger partial charge is 0.123 e. The second kappa shape index (κ2) is 5.95. The second-order valence-electron chi connectivity index (χ2n) is 4.47. The molecule has 19 heavy (non-hydrogen) atoms. The third-order valence-electron chi connectivity index (χ3n) is 3.02. The highest BCUT2D eigenvalue weighted by Crippen LogP contribution is 2.23. The highest BCUT2D eigenvalue weighted by atomic mass is 35.5. The molecule has 4 heteroatoms. The SMILES string of the molecule is CC(NCc1ccc(O)cc1O)c1cccc(Cl)c1. The summed E-state index contributed by atoms with van der Waals surface area (Å²) in [7, 11) is 0. The van der Waals surface area contributed by atoms with Crippen molar-refractivity contribution < 1.29 is 10.2 Å². The van der Waals surface area contributed by atoms with Crippen molar-refractivity contribution in [3.8, 4) is 11.5 Å². The molecular weight excluding hydrogens is 262 g/mol. The van der Waals surface area contributed by atoms with E-state index in [-0.39, 0.29) is 17.5 Å². The Bertz CT molecular complexity index is 572. The Morgan fingerprint density at radius 1 is 1.16 bits per heavy atom. The first-order valence-corrected chi connectivity index (χ1v) is 6.44.